The molecule has 7 heteroatoms. The van der Waals surface area contributed by atoms with Crippen LogP contribution in [0.4, 0.5) is 5.82 Å². The second-order valence-corrected chi connectivity index (χ2v) is 6.46. The molecule has 1 aromatic heterocycles. The Balaban J connectivity index is 1.81. The van der Waals surface area contributed by atoms with Crippen molar-refractivity contribution in [2.45, 2.75) is 38.9 Å². The highest BCUT2D eigenvalue weighted by Crippen LogP contribution is 2.36. The van der Waals surface area contributed by atoms with E-state index in [0.717, 1.165) is 32.1 Å². The van der Waals surface area contributed by atoms with Gasteiger partial charge >= 0.3 is 7.12 Å². The molecule has 0 aromatic carbocycles. The van der Waals surface area contributed by atoms with Gasteiger partial charge in [0.15, 0.2) is 5.72 Å². The van der Waals surface area contributed by atoms with Gasteiger partial charge in [0.1, 0.15) is 5.82 Å². The largest absolute Gasteiger partial charge is 0.534 e. The first-order valence-electron chi connectivity index (χ1n) is 7.40. The van der Waals surface area contributed by atoms with Gasteiger partial charge in [0.05, 0.1) is 24.4 Å². The zero-order valence-corrected chi connectivity index (χ0v) is 13.1. The lowest BCUT2D eigenvalue weighted by Crippen LogP contribution is -2.42. The Kier molecular flexibility index (Phi) is 3.67. The fourth-order valence-corrected chi connectivity index (χ4v) is 2.39. The van der Waals surface area contributed by atoms with E-state index in [4.69, 9.17) is 14.0 Å². The summed E-state index contributed by atoms with van der Waals surface area (Å²) in [4.78, 5) is 11.1. The number of hydrogen-bond acceptors (Lipinski definition) is 6. The minimum atomic E-state index is -0.518. The van der Waals surface area contributed by atoms with Crippen LogP contribution >= 0.6 is 0 Å². The van der Waals surface area contributed by atoms with Crippen molar-refractivity contribution in [1.29, 1.82) is 0 Å². The van der Waals surface area contributed by atoms with Crippen molar-refractivity contribution >= 4 is 18.7 Å². The normalized spacial score (nSPS) is 24.4. The Morgan fingerprint density at radius 3 is 2.33 bits per heavy atom. The third-order valence-electron chi connectivity index (χ3n) is 4.46. The number of nitrogens with zero attached hydrogens (tertiary/aromatic N) is 3. The highest BCUT2D eigenvalue weighted by atomic mass is 16.7. The van der Waals surface area contributed by atoms with E-state index in [2.05, 4.69) is 14.9 Å². The van der Waals surface area contributed by atoms with Crippen LogP contribution in [0.15, 0.2) is 12.3 Å². The van der Waals surface area contributed by atoms with Crippen molar-refractivity contribution < 1.29 is 14.0 Å². The van der Waals surface area contributed by atoms with Crippen molar-refractivity contribution in [3.05, 3.63) is 12.3 Å². The fourth-order valence-electron chi connectivity index (χ4n) is 2.39. The van der Waals surface area contributed by atoms with Crippen LogP contribution in [0.5, 0.6) is 0 Å². The van der Waals surface area contributed by atoms with Gasteiger partial charge in [-0.1, -0.05) is 0 Å². The SMILES string of the molecule is CC1(C)OB(c2nccc(N3CCOCC3)n2)OC1(C)C. The molecular formula is C14H22BN3O3. The summed E-state index contributed by atoms with van der Waals surface area (Å²) in [5.41, 5.74) is -0.177. The third-order valence-corrected chi connectivity index (χ3v) is 4.46. The Labute approximate surface area is 126 Å². The average molecular weight is 291 g/mol. The van der Waals surface area contributed by atoms with E-state index >= 15 is 0 Å². The van der Waals surface area contributed by atoms with E-state index in [0.29, 0.717) is 5.72 Å². The summed E-state index contributed by atoms with van der Waals surface area (Å²) >= 11 is 0. The number of anilines is 1. The van der Waals surface area contributed by atoms with Crippen molar-refractivity contribution in [3.8, 4) is 0 Å². The molecule has 3 heterocycles. The van der Waals surface area contributed by atoms with Gasteiger partial charge in [0.25, 0.3) is 0 Å². The van der Waals surface area contributed by atoms with E-state index in [1.54, 1.807) is 6.20 Å². The number of morpholine rings is 1. The molecule has 0 bridgehead atoms. The molecule has 0 radical (unpaired) electrons. The van der Waals surface area contributed by atoms with Crippen LogP contribution in [0.25, 0.3) is 0 Å². The fraction of sp³-hybridized carbons (Fsp3) is 0.714. The maximum absolute atomic E-state index is 6.00. The number of hydrogen-bond donors (Lipinski definition) is 0. The summed E-state index contributed by atoms with van der Waals surface area (Å²) < 4.78 is 17.4. The predicted molar refractivity (Wildman–Crippen MR) is 80.8 cm³/mol. The van der Waals surface area contributed by atoms with Gasteiger partial charge in [-0.2, -0.15) is 0 Å². The molecule has 2 aliphatic heterocycles. The Bertz CT molecular complexity index is 502. The Morgan fingerprint density at radius 1 is 1.10 bits per heavy atom. The molecule has 21 heavy (non-hydrogen) atoms. The molecule has 0 saturated carbocycles. The van der Waals surface area contributed by atoms with Crippen LogP contribution in [0.2, 0.25) is 0 Å². The van der Waals surface area contributed by atoms with Gasteiger partial charge < -0.3 is 18.9 Å². The van der Waals surface area contributed by atoms with Crippen molar-refractivity contribution in [1.82, 2.24) is 9.97 Å². The van der Waals surface area contributed by atoms with Crippen LogP contribution in [-0.4, -0.2) is 54.6 Å². The predicted octanol–water partition coefficient (Wildman–Crippen LogP) is 0.612. The minimum Gasteiger partial charge on any atom is -0.397 e. The lowest BCUT2D eigenvalue weighted by atomic mass is 9.89. The number of aromatic nitrogens is 2. The van der Waals surface area contributed by atoms with Gasteiger partial charge in [0.2, 0.25) is 0 Å². The highest BCUT2D eigenvalue weighted by molar-refractivity contribution is 6.60. The van der Waals surface area contributed by atoms with Crippen LogP contribution in [0.1, 0.15) is 27.7 Å². The molecule has 0 spiro atoms. The zero-order chi connectivity index (χ0) is 15.1. The number of rotatable bonds is 2. The molecular weight excluding hydrogens is 269 g/mol. The van der Waals surface area contributed by atoms with E-state index in [-0.39, 0.29) is 11.2 Å². The minimum absolute atomic E-state index is 0.379. The third kappa shape index (κ3) is 2.77. The van der Waals surface area contributed by atoms with Crippen LogP contribution in [-0.2, 0) is 14.0 Å². The lowest BCUT2D eigenvalue weighted by Gasteiger charge is -2.32. The lowest BCUT2D eigenvalue weighted by molar-refractivity contribution is 0.00578. The molecule has 2 aliphatic rings. The number of ether oxygens (including phenoxy) is 1. The summed E-state index contributed by atoms with van der Waals surface area (Å²) in [6.45, 7) is 11.3. The Hall–Kier alpha value is -1.18. The molecule has 6 nitrogen and oxygen atoms in total. The topological polar surface area (TPSA) is 56.7 Å². The molecule has 0 N–H and O–H groups in total. The van der Waals surface area contributed by atoms with E-state index in [1.165, 1.54) is 0 Å². The zero-order valence-electron chi connectivity index (χ0n) is 13.1. The quantitative estimate of drug-likeness (QED) is 0.744. The first kappa shape index (κ1) is 14.7. The van der Waals surface area contributed by atoms with Gasteiger partial charge in [-0.15, -0.1) is 0 Å². The van der Waals surface area contributed by atoms with Crippen LogP contribution in [0.3, 0.4) is 0 Å². The van der Waals surface area contributed by atoms with Gasteiger partial charge in [0, 0.05) is 19.3 Å². The van der Waals surface area contributed by atoms with Gasteiger partial charge in [-0.05, 0) is 33.8 Å². The smallest absolute Gasteiger partial charge is 0.397 e. The highest BCUT2D eigenvalue weighted by Gasteiger charge is 2.53. The average Bonchev–Trinajstić information content (AvgIpc) is 2.69. The Morgan fingerprint density at radius 2 is 1.71 bits per heavy atom. The summed E-state index contributed by atoms with van der Waals surface area (Å²) in [7, 11) is -0.518. The van der Waals surface area contributed by atoms with Crippen molar-refractivity contribution in [2.24, 2.45) is 0 Å². The summed E-state index contributed by atoms with van der Waals surface area (Å²) in [5.74, 6) is 0.901. The maximum atomic E-state index is 6.00. The first-order chi connectivity index (χ1) is 9.89. The van der Waals surface area contributed by atoms with E-state index in [1.807, 2.05) is 33.8 Å². The molecule has 3 rings (SSSR count). The molecule has 2 saturated heterocycles. The second-order valence-electron chi connectivity index (χ2n) is 6.46. The molecule has 0 aliphatic carbocycles. The van der Waals surface area contributed by atoms with Crippen molar-refractivity contribution in [3.63, 3.8) is 0 Å². The summed E-state index contributed by atoms with van der Waals surface area (Å²) in [5, 5.41) is 0. The first-order valence-corrected chi connectivity index (χ1v) is 7.40. The summed E-state index contributed by atoms with van der Waals surface area (Å²) in [6.07, 6.45) is 1.76. The molecule has 0 unspecified atom stereocenters. The monoisotopic (exact) mass is 291 g/mol. The van der Waals surface area contributed by atoms with E-state index in [9.17, 15) is 0 Å². The van der Waals surface area contributed by atoms with Crippen molar-refractivity contribution in [2.75, 3.05) is 31.2 Å². The van der Waals surface area contributed by atoms with Crippen LogP contribution < -0.4 is 10.6 Å². The van der Waals surface area contributed by atoms with Gasteiger partial charge in [-0.3, -0.25) is 0 Å². The van der Waals surface area contributed by atoms with Crippen LogP contribution in [0, 0.1) is 0 Å². The van der Waals surface area contributed by atoms with E-state index < -0.39 is 7.12 Å². The van der Waals surface area contributed by atoms with Gasteiger partial charge in [-0.25, -0.2) is 9.97 Å². The second kappa shape index (κ2) is 5.23. The molecule has 114 valence electrons. The molecule has 0 amide bonds. The molecule has 1 aromatic rings. The maximum Gasteiger partial charge on any atom is 0.534 e. The standard InChI is InChI=1S/C14H22BN3O3/c1-13(2)14(3,4)21-15(20-13)12-16-6-5-11(17-12)18-7-9-19-10-8-18/h5-6H,7-10H2,1-4H3. The summed E-state index contributed by atoms with van der Waals surface area (Å²) in [6, 6.07) is 1.92. The molecule has 0 atom stereocenters. The molecule has 2 fully saturated rings.